The maximum Gasteiger partial charge on any atom is 0.333 e. The number of aliphatic hydroxyl groups is 2. The number of esters is 1. The molecule has 4 nitrogen and oxygen atoms in total. The van der Waals surface area contributed by atoms with Gasteiger partial charge < -0.3 is 14.9 Å². The summed E-state index contributed by atoms with van der Waals surface area (Å²) in [6.07, 6.45) is 3.91. The third-order valence-electron chi connectivity index (χ3n) is 1.52. The molecule has 14 heavy (non-hydrogen) atoms. The van der Waals surface area contributed by atoms with Crippen LogP contribution in [0.25, 0.3) is 0 Å². The summed E-state index contributed by atoms with van der Waals surface area (Å²) in [4.78, 5) is 10.9. The van der Waals surface area contributed by atoms with Crippen LogP contribution in [0.4, 0.5) is 0 Å². The average molecular weight is 200 g/mol. The first kappa shape index (κ1) is 12.9. The topological polar surface area (TPSA) is 66.8 Å². The Labute approximate surface area is 83.5 Å². The standard InChI is InChI=1S/C10H16O4/c1-3-5-6-7-9(12)14-10(13)8(11)4-2/h3,5-8,10-11,13H,4H2,1-2H3/b5-3+,7-6+. The van der Waals surface area contributed by atoms with E-state index in [4.69, 9.17) is 10.2 Å². The Hall–Kier alpha value is -1.13. The van der Waals surface area contributed by atoms with Crippen LogP contribution in [0.3, 0.4) is 0 Å². The molecule has 80 valence electrons. The monoisotopic (exact) mass is 200 g/mol. The molecule has 0 rings (SSSR count). The minimum absolute atomic E-state index is 0.326. The fourth-order valence-electron chi connectivity index (χ4n) is 0.684. The van der Waals surface area contributed by atoms with Crippen molar-refractivity contribution in [2.45, 2.75) is 32.7 Å². The van der Waals surface area contributed by atoms with Gasteiger partial charge in [0.2, 0.25) is 6.29 Å². The van der Waals surface area contributed by atoms with E-state index in [1.54, 1.807) is 19.1 Å². The van der Waals surface area contributed by atoms with Crippen molar-refractivity contribution in [1.29, 1.82) is 0 Å². The number of rotatable bonds is 5. The largest absolute Gasteiger partial charge is 0.430 e. The molecule has 0 saturated heterocycles. The van der Waals surface area contributed by atoms with Crippen LogP contribution in [0.1, 0.15) is 20.3 Å². The second kappa shape index (κ2) is 7.29. The highest BCUT2D eigenvalue weighted by Crippen LogP contribution is 2.00. The highest BCUT2D eigenvalue weighted by Gasteiger charge is 2.16. The summed E-state index contributed by atoms with van der Waals surface area (Å²) >= 11 is 0. The van der Waals surface area contributed by atoms with Crippen LogP contribution < -0.4 is 0 Å². The maximum absolute atomic E-state index is 10.9. The molecule has 0 aromatic rings. The van der Waals surface area contributed by atoms with Crippen LogP contribution in [0.5, 0.6) is 0 Å². The first-order valence-corrected chi connectivity index (χ1v) is 4.48. The van der Waals surface area contributed by atoms with Gasteiger partial charge in [0.15, 0.2) is 0 Å². The minimum atomic E-state index is -1.46. The average Bonchev–Trinajstić information content (AvgIpc) is 2.16. The van der Waals surface area contributed by atoms with E-state index in [0.29, 0.717) is 6.42 Å². The van der Waals surface area contributed by atoms with E-state index in [1.165, 1.54) is 12.2 Å². The lowest BCUT2D eigenvalue weighted by atomic mass is 10.3. The first-order valence-electron chi connectivity index (χ1n) is 4.48. The molecule has 2 N–H and O–H groups in total. The number of carbonyl (C=O) groups excluding carboxylic acids is 1. The van der Waals surface area contributed by atoms with Crippen LogP contribution in [-0.4, -0.2) is 28.6 Å². The molecule has 0 bridgehead atoms. The number of hydrogen-bond donors (Lipinski definition) is 2. The molecule has 2 unspecified atom stereocenters. The summed E-state index contributed by atoms with van der Waals surface area (Å²) < 4.78 is 4.50. The van der Waals surface area contributed by atoms with Gasteiger partial charge in [-0.2, -0.15) is 0 Å². The third-order valence-corrected chi connectivity index (χ3v) is 1.52. The van der Waals surface area contributed by atoms with Crippen LogP contribution in [-0.2, 0) is 9.53 Å². The molecule has 0 amide bonds. The van der Waals surface area contributed by atoms with Crippen molar-refractivity contribution in [3.8, 4) is 0 Å². The van der Waals surface area contributed by atoms with Crippen LogP contribution in [0.2, 0.25) is 0 Å². The first-order chi connectivity index (χ1) is 6.61. The summed E-state index contributed by atoms with van der Waals surface area (Å²) in [7, 11) is 0. The Balaban J connectivity index is 3.93. The van der Waals surface area contributed by atoms with Crippen LogP contribution in [0.15, 0.2) is 24.3 Å². The van der Waals surface area contributed by atoms with Crippen LogP contribution >= 0.6 is 0 Å². The molecular weight excluding hydrogens is 184 g/mol. The summed E-state index contributed by atoms with van der Waals surface area (Å²) in [6.45, 7) is 3.49. The molecule has 2 atom stereocenters. The lowest BCUT2D eigenvalue weighted by Crippen LogP contribution is -2.29. The summed E-state index contributed by atoms with van der Waals surface area (Å²) in [5, 5.41) is 18.2. The van der Waals surface area contributed by atoms with Gasteiger partial charge in [-0.3, -0.25) is 0 Å². The Morgan fingerprint density at radius 2 is 2.07 bits per heavy atom. The number of carbonyl (C=O) groups is 1. The number of aliphatic hydroxyl groups excluding tert-OH is 2. The number of allylic oxidation sites excluding steroid dienone is 3. The van der Waals surface area contributed by atoms with Crippen molar-refractivity contribution >= 4 is 5.97 Å². The molecule has 0 aliphatic heterocycles. The van der Waals surface area contributed by atoms with E-state index in [-0.39, 0.29) is 0 Å². The van der Waals surface area contributed by atoms with E-state index in [0.717, 1.165) is 0 Å². The van der Waals surface area contributed by atoms with Crippen LogP contribution in [0, 0.1) is 0 Å². The minimum Gasteiger partial charge on any atom is -0.430 e. The number of ether oxygens (including phenoxy) is 1. The Kier molecular flexibility index (Phi) is 6.70. The quantitative estimate of drug-likeness (QED) is 0.297. The molecule has 0 fully saturated rings. The van der Waals surface area contributed by atoms with Gasteiger partial charge in [-0.15, -0.1) is 0 Å². The summed E-state index contributed by atoms with van der Waals surface area (Å²) in [5.41, 5.74) is 0. The summed E-state index contributed by atoms with van der Waals surface area (Å²) in [6, 6.07) is 0. The highest BCUT2D eigenvalue weighted by molar-refractivity contribution is 5.82. The van der Waals surface area contributed by atoms with Crippen molar-refractivity contribution in [2.24, 2.45) is 0 Å². The van der Waals surface area contributed by atoms with Gasteiger partial charge in [0.25, 0.3) is 0 Å². The molecule has 0 aromatic carbocycles. The van der Waals surface area contributed by atoms with E-state index >= 15 is 0 Å². The zero-order valence-corrected chi connectivity index (χ0v) is 8.38. The van der Waals surface area contributed by atoms with Crippen molar-refractivity contribution in [2.75, 3.05) is 0 Å². The van der Waals surface area contributed by atoms with E-state index < -0.39 is 18.4 Å². The molecule has 0 aliphatic rings. The lowest BCUT2D eigenvalue weighted by Gasteiger charge is -2.15. The SMILES string of the molecule is C/C=C/C=C/C(=O)OC(O)C(O)CC. The zero-order valence-electron chi connectivity index (χ0n) is 8.38. The molecule has 0 aromatic heterocycles. The second-order valence-electron chi connectivity index (χ2n) is 2.69. The molecule has 0 spiro atoms. The fourth-order valence-corrected chi connectivity index (χ4v) is 0.684. The normalized spacial score (nSPS) is 16.0. The third kappa shape index (κ3) is 5.50. The fraction of sp³-hybridized carbons (Fsp3) is 0.500. The maximum atomic E-state index is 10.9. The van der Waals surface area contributed by atoms with Gasteiger partial charge in [-0.1, -0.05) is 25.2 Å². The lowest BCUT2D eigenvalue weighted by molar-refractivity contribution is -0.181. The highest BCUT2D eigenvalue weighted by atomic mass is 16.6. The molecule has 0 aliphatic carbocycles. The number of hydrogen-bond acceptors (Lipinski definition) is 4. The molecular formula is C10H16O4. The Bertz CT molecular complexity index is 220. The van der Waals surface area contributed by atoms with Gasteiger partial charge >= 0.3 is 5.97 Å². The summed E-state index contributed by atoms with van der Waals surface area (Å²) in [5.74, 6) is -0.678. The van der Waals surface area contributed by atoms with Crippen molar-refractivity contribution < 1.29 is 19.7 Å². The smallest absolute Gasteiger partial charge is 0.333 e. The molecule has 0 radical (unpaired) electrons. The molecule has 0 saturated carbocycles. The Morgan fingerprint density at radius 1 is 1.43 bits per heavy atom. The zero-order chi connectivity index (χ0) is 11.0. The van der Waals surface area contributed by atoms with E-state index in [1.807, 2.05) is 6.92 Å². The molecule has 0 heterocycles. The van der Waals surface area contributed by atoms with Gasteiger partial charge in [0.05, 0.1) is 0 Å². The van der Waals surface area contributed by atoms with Crippen molar-refractivity contribution in [1.82, 2.24) is 0 Å². The van der Waals surface area contributed by atoms with Crippen molar-refractivity contribution in [3.63, 3.8) is 0 Å². The second-order valence-corrected chi connectivity index (χ2v) is 2.69. The van der Waals surface area contributed by atoms with Gasteiger partial charge in [-0.05, 0) is 13.3 Å². The van der Waals surface area contributed by atoms with E-state index in [2.05, 4.69) is 4.74 Å². The van der Waals surface area contributed by atoms with Crippen molar-refractivity contribution in [3.05, 3.63) is 24.3 Å². The van der Waals surface area contributed by atoms with Gasteiger partial charge in [0.1, 0.15) is 6.10 Å². The van der Waals surface area contributed by atoms with E-state index in [9.17, 15) is 4.79 Å². The van der Waals surface area contributed by atoms with Gasteiger partial charge in [-0.25, -0.2) is 4.79 Å². The predicted octanol–water partition coefficient (Wildman–Crippen LogP) is 0.751. The van der Waals surface area contributed by atoms with Gasteiger partial charge in [0, 0.05) is 6.08 Å². The molecule has 4 heteroatoms. The Morgan fingerprint density at radius 3 is 2.57 bits per heavy atom. The predicted molar refractivity (Wildman–Crippen MR) is 52.4 cm³/mol.